The molecule has 0 aliphatic heterocycles. The van der Waals surface area contributed by atoms with Crippen molar-refractivity contribution in [3.05, 3.63) is 22.0 Å². The average Bonchev–Trinajstić information content (AvgIpc) is 2.19. The standard InChI is InChI=1S/C8H8N6O2/c9-6-5-4(13-8(11)14-6)3(15)1-2(12-5)7(10)16/h1H,(H2,10,16)(H,12,15)(H4,9,11,13,14). The minimum absolute atomic E-state index is 0.0114. The maximum Gasteiger partial charge on any atom is 0.265 e. The molecule has 0 saturated heterocycles. The Morgan fingerprint density at radius 3 is 2.62 bits per heavy atom. The lowest BCUT2D eigenvalue weighted by Crippen LogP contribution is -2.18. The molecule has 2 heterocycles. The number of hydrogen-bond donors (Lipinski definition) is 4. The zero-order valence-corrected chi connectivity index (χ0v) is 8.02. The van der Waals surface area contributed by atoms with Gasteiger partial charge in [-0.05, 0) is 0 Å². The predicted octanol–water partition coefficient (Wildman–Crippen LogP) is -1.42. The van der Waals surface area contributed by atoms with Crippen molar-refractivity contribution in [2.45, 2.75) is 0 Å². The fourth-order valence-corrected chi connectivity index (χ4v) is 1.30. The van der Waals surface area contributed by atoms with Crippen LogP contribution in [-0.2, 0) is 0 Å². The quantitative estimate of drug-likeness (QED) is 0.462. The van der Waals surface area contributed by atoms with Gasteiger partial charge in [0, 0.05) is 6.07 Å². The first-order valence-corrected chi connectivity index (χ1v) is 4.25. The SMILES string of the molecule is NC(=O)c1cc(=O)c2nc(N)nc(N)c2[nH]1. The van der Waals surface area contributed by atoms with E-state index in [1.54, 1.807) is 0 Å². The Morgan fingerprint density at radius 1 is 1.31 bits per heavy atom. The van der Waals surface area contributed by atoms with Crippen LogP contribution in [0.25, 0.3) is 11.0 Å². The van der Waals surface area contributed by atoms with Gasteiger partial charge < -0.3 is 22.2 Å². The van der Waals surface area contributed by atoms with Gasteiger partial charge in [-0.1, -0.05) is 0 Å². The highest BCUT2D eigenvalue weighted by molar-refractivity contribution is 5.94. The predicted molar refractivity (Wildman–Crippen MR) is 57.5 cm³/mol. The third kappa shape index (κ3) is 1.41. The number of carbonyl (C=O) groups is 1. The van der Waals surface area contributed by atoms with Crippen molar-refractivity contribution < 1.29 is 4.79 Å². The van der Waals surface area contributed by atoms with Gasteiger partial charge in [0.2, 0.25) is 11.4 Å². The molecule has 0 atom stereocenters. The summed E-state index contributed by atoms with van der Waals surface area (Å²) in [6.45, 7) is 0. The first kappa shape index (κ1) is 9.90. The van der Waals surface area contributed by atoms with Crippen LogP contribution in [0.1, 0.15) is 10.5 Å². The Bertz CT molecular complexity index is 647. The second kappa shape index (κ2) is 3.19. The van der Waals surface area contributed by atoms with Crippen LogP contribution in [0.3, 0.4) is 0 Å². The molecule has 16 heavy (non-hydrogen) atoms. The van der Waals surface area contributed by atoms with Crippen molar-refractivity contribution in [3.8, 4) is 0 Å². The Hall–Kier alpha value is -2.64. The molecule has 0 spiro atoms. The molecule has 0 aromatic carbocycles. The monoisotopic (exact) mass is 220 g/mol. The lowest BCUT2D eigenvalue weighted by Gasteiger charge is -2.03. The van der Waals surface area contributed by atoms with Crippen LogP contribution >= 0.6 is 0 Å². The van der Waals surface area contributed by atoms with Crippen molar-refractivity contribution in [1.82, 2.24) is 15.0 Å². The molecular formula is C8H8N6O2. The van der Waals surface area contributed by atoms with E-state index in [1.165, 1.54) is 0 Å². The van der Waals surface area contributed by atoms with Crippen LogP contribution in [0.2, 0.25) is 0 Å². The van der Waals surface area contributed by atoms with Crippen molar-refractivity contribution in [1.29, 1.82) is 0 Å². The Balaban J connectivity index is 2.93. The van der Waals surface area contributed by atoms with Gasteiger partial charge in [-0.3, -0.25) is 9.59 Å². The van der Waals surface area contributed by atoms with E-state index in [4.69, 9.17) is 17.2 Å². The maximum atomic E-state index is 11.6. The van der Waals surface area contributed by atoms with E-state index in [9.17, 15) is 9.59 Å². The van der Waals surface area contributed by atoms with Crippen LogP contribution in [-0.4, -0.2) is 20.9 Å². The van der Waals surface area contributed by atoms with E-state index in [2.05, 4.69) is 15.0 Å². The molecule has 0 fully saturated rings. The molecule has 0 aliphatic carbocycles. The molecule has 0 saturated carbocycles. The van der Waals surface area contributed by atoms with Crippen LogP contribution in [0.5, 0.6) is 0 Å². The van der Waals surface area contributed by atoms with Gasteiger partial charge in [0.1, 0.15) is 16.7 Å². The smallest absolute Gasteiger partial charge is 0.265 e. The molecule has 0 aliphatic rings. The number of nitrogens with two attached hydrogens (primary N) is 3. The summed E-state index contributed by atoms with van der Waals surface area (Å²) in [6, 6.07) is 1.04. The van der Waals surface area contributed by atoms with Crippen molar-refractivity contribution in [3.63, 3.8) is 0 Å². The van der Waals surface area contributed by atoms with Gasteiger partial charge in [0.25, 0.3) is 5.91 Å². The highest BCUT2D eigenvalue weighted by atomic mass is 16.1. The van der Waals surface area contributed by atoms with Crippen molar-refractivity contribution in [2.75, 3.05) is 11.5 Å². The van der Waals surface area contributed by atoms with Gasteiger partial charge in [0.05, 0.1) is 0 Å². The number of nitrogens with zero attached hydrogens (tertiary/aromatic N) is 2. The summed E-state index contributed by atoms with van der Waals surface area (Å²) < 4.78 is 0. The van der Waals surface area contributed by atoms with Crippen LogP contribution in [0, 0.1) is 0 Å². The van der Waals surface area contributed by atoms with E-state index < -0.39 is 11.3 Å². The Kier molecular flexibility index (Phi) is 1.97. The first-order valence-electron chi connectivity index (χ1n) is 4.25. The van der Waals surface area contributed by atoms with Gasteiger partial charge in [-0.15, -0.1) is 0 Å². The number of carbonyl (C=O) groups excluding carboxylic acids is 1. The number of anilines is 2. The van der Waals surface area contributed by atoms with E-state index in [0.717, 1.165) is 6.07 Å². The molecule has 7 N–H and O–H groups in total. The topological polar surface area (TPSA) is 154 Å². The molecule has 8 heteroatoms. The average molecular weight is 220 g/mol. The lowest BCUT2D eigenvalue weighted by atomic mass is 10.2. The van der Waals surface area contributed by atoms with E-state index in [-0.39, 0.29) is 28.5 Å². The van der Waals surface area contributed by atoms with E-state index in [0.29, 0.717) is 0 Å². The zero-order chi connectivity index (χ0) is 11.9. The molecule has 2 rings (SSSR count). The third-order valence-electron chi connectivity index (χ3n) is 1.99. The van der Waals surface area contributed by atoms with E-state index >= 15 is 0 Å². The molecular weight excluding hydrogens is 212 g/mol. The number of pyridine rings is 1. The largest absolute Gasteiger partial charge is 0.382 e. The number of fused-ring (bicyclic) bond motifs is 1. The Morgan fingerprint density at radius 2 is 2.00 bits per heavy atom. The second-order valence-corrected chi connectivity index (χ2v) is 3.10. The number of primary amides is 1. The fraction of sp³-hybridized carbons (Fsp3) is 0. The summed E-state index contributed by atoms with van der Waals surface area (Å²) in [5, 5.41) is 0. The molecule has 0 radical (unpaired) electrons. The van der Waals surface area contributed by atoms with Gasteiger partial charge in [-0.25, -0.2) is 4.98 Å². The number of rotatable bonds is 1. The minimum atomic E-state index is -0.768. The highest BCUT2D eigenvalue weighted by Crippen LogP contribution is 2.13. The second-order valence-electron chi connectivity index (χ2n) is 3.10. The highest BCUT2D eigenvalue weighted by Gasteiger charge is 2.11. The number of nitrogen functional groups attached to an aromatic ring is 2. The molecule has 0 unspecified atom stereocenters. The minimum Gasteiger partial charge on any atom is -0.382 e. The fourth-order valence-electron chi connectivity index (χ4n) is 1.30. The molecule has 0 bridgehead atoms. The molecule has 8 nitrogen and oxygen atoms in total. The summed E-state index contributed by atoms with van der Waals surface area (Å²) in [7, 11) is 0. The van der Waals surface area contributed by atoms with Crippen LogP contribution in [0.15, 0.2) is 10.9 Å². The van der Waals surface area contributed by atoms with Crippen molar-refractivity contribution >= 4 is 28.7 Å². The summed E-state index contributed by atoms with van der Waals surface area (Å²) in [5.74, 6) is -0.889. The normalized spacial score (nSPS) is 10.5. The molecule has 2 aromatic rings. The first-order chi connectivity index (χ1) is 7.49. The molecule has 1 amide bonds. The zero-order valence-electron chi connectivity index (χ0n) is 8.02. The van der Waals surface area contributed by atoms with Crippen molar-refractivity contribution in [2.24, 2.45) is 5.73 Å². The number of hydrogen-bond acceptors (Lipinski definition) is 6. The summed E-state index contributed by atoms with van der Waals surface area (Å²) in [6.07, 6.45) is 0. The van der Waals surface area contributed by atoms with Crippen LogP contribution < -0.4 is 22.6 Å². The molecule has 82 valence electrons. The lowest BCUT2D eigenvalue weighted by molar-refractivity contribution is 0.0996. The maximum absolute atomic E-state index is 11.6. The number of nitrogens with one attached hydrogen (secondary N) is 1. The number of H-pyrrole nitrogens is 1. The summed E-state index contributed by atoms with van der Waals surface area (Å²) in [5.41, 5.74) is 15.5. The van der Waals surface area contributed by atoms with Gasteiger partial charge in [-0.2, -0.15) is 4.98 Å². The number of aromatic nitrogens is 3. The molecule has 2 aromatic heterocycles. The van der Waals surface area contributed by atoms with Gasteiger partial charge >= 0.3 is 0 Å². The number of aromatic amines is 1. The third-order valence-corrected chi connectivity index (χ3v) is 1.99. The van der Waals surface area contributed by atoms with Gasteiger partial charge in [0.15, 0.2) is 5.82 Å². The number of amides is 1. The van der Waals surface area contributed by atoms with Crippen LogP contribution in [0.4, 0.5) is 11.8 Å². The summed E-state index contributed by atoms with van der Waals surface area (Å²) in [4.78, 5) is 32.5. The van der Waals surface area contributed by atoms with E-state index in [1.807, 2.05) is 0 Å². The Labute approximate surface area is 88.5 Å². The summed E-state index contributed by atoms with van der Waals surface area (Å²) >= 11 is 0.